The van der Waals surface area contributed by atoms with Crippen molar-refractivity contribution in [2.24, 2.45) is 5.73 Å². The zero-order valence-corrected chi connectivity index (χ0v) is 15.4. The summed E-state index contributed by atoms with van der Waals surface area (Å²) in [5.41, 5.74) is 6.79. The Balaban J connectivity index is 1.77. The van der Waals surface area contributed by atoms with Crippen LogP contribution in [0.3, 0.4) is 0 Å². The summed E-state index contributed by atoms with van der Waals surface area (Å²) in [6.07, 6.45) is 2.07. The number of hydrogen-bond donors (Lipinski definition) is 2. The van der Waals surface area contributed by atoms with Crippen LogP contribution >= 0.6 is 0 Å². The number of ether oxygens (including phenoxy) is 2. The van der Waals surface area contributed by atoms with Gasteiger partial charge >= 0.3 is 5.97 Å². The van der Waals surface area contributed by atoms with Crippen LogP contribution < -0.4 is 15.8 Å². The summed E-state index contributed by atoms with van der Waals surface area (Å²) in [5, 5.41) is 3.29. The van der Waals surface area contributed by atoms with E-state index in [1.54, 1.807) is 12.1 Å². The first-order chi connectivity index (χ1) is 13.0. The Morgan fingerprint density at radius 1 is 1.33 bits per heavy atom. The number of piperidine rings is 1. The number of esters is 1. The lowest BCUT2D eigenvalue weighted by Gasteiger charge is -2.26. The highest BCUT2D eigenvalue weighted by molar-refractivity contribution is 6.01. The molecule has 27 heavy (non-hydrogen) atoms. The Kier molecular flexibility index (Phi) is 5.95. The predicted octanol–water partition coefficient (Wildman–Crippen LogP) is 0.580. The van der Waals surface area contributed by atoms with Crippen LogP contribution in [0, 0.1) is 0 Å². The van der Waals surface area contributed by atoms with Crippen molar-refractivity contribution < 1.29 is 23.9 Å². The van der Waals surface area contributed by atoms with Crippen LogP contribution in [0.5, 0.6) is 5.75 Å². The molecule has 1 fully saturated rings. The fourth-order valence-electron chi connectivity index (χ4n) is 3.59. The lowest BCUT2D eigenvalue weighted by Crippen LogP contribution is -2.45. The van der Waals surface area contributed by atoms with Crippen LogP contribution in [0.2, 0.25) is 0 Å². The quantitative estimate of drug-likeness (QED) is 0.675. The summed E-state index contributed by atoms with van der Waals surface area (Å²) in [4.78, 5) is 37.6. The maximum absolute atomic E-state index is 12.8. The molecule has 2 aliphatic rings. The zero-order chi connectivity index (χ0) is 19.4. The van der Waals surface area contributed by atoms with Crippen molar-refractivity contribution in [3.63, 3.8) is 0 Å². The summed E-state index contributed by atoms with van der Waals surface area (Å²) in [5.74, 6) is -0.679. The van der Waals surface area contributed by atoms with Gasteiger partial charge in [-0.05, 0) is 44.5 Å². The second-order valence-corrected chi connectivity index (χ2v) is 6.82. The molecule has 0 bridgehead atoms. The molecule has 146 valence electrons. The molecule has 0 saturated carbocycles. The minimum Gasteiger partial charge on any atom is -0.490 e. The van der Waals surface area contributed by atoms with E-state index in [1.807, 2.05) is 6.07 Å². The van der Waals surface area contributed by atoms with Gasteiger partial charge in [0.2, 0.25) is 5.91 Å². The lowest BCUT2D eigenvalue weighted by atomic mass is 10.1. The van der Waals surface area contributed by atoms with Gasteiger partial charge in [-0.25, -0.2) is 0 Å². The maximum atomic E-state index is 12.8. The first kappa shape index (κ1) is 19.2. The number of primary amides is 1. The largest absolute Gasteiger partial charge is 0.490 e. The molecule has 0 radical (unpaired) electrons. The van der Waals surface area contributed by atoms with Crippen molar-refractivity contribution in [1.82, 2.24) is 10.2 Å². The number of nitrogens with zero attached hydrogens (tertiary/aromatic N) is 1. The van der Waals surface area contributed by atoms with Crippen molar-refractivity contribution in [2.45, 2.75) is 44.4 Å². The van der Waals surface area contributed by atoms with Gasteiger partial charge in [0.15, 0.2) is 0 Å². The van der Waals surface area contributed by atoms with E-state index >= 15 is 0 Å². The molecule has 0 spiro atoms. The third-order valence-corrected chi connectivity index (χ3v) is 5.09. The van der Waals surface area contributed by atoms with Gasteiger partial charge < -0.3 is 25.4 Å². The Morgan fingerprint density at radius 2 is 2.07 bits per heavy atom. The van der Waals surface area contributed by atoms with Gasteiger partial charge in [-0.15, -0.1) is 0 Å². The number of nitrogens with two attached hydrogens (primary N) is 1. The Hall–Kier alpha value is -2.61. The second kappa shape index (κ2) is 8.39. The van der Waals surface area contributed by atoms with Gasteiger partial charge in [0.25, 0.3) is 5.91 Å². The van der Waals surface area contributed by atoms with Crippen molar-refractivity contribution >= 4 is 17.8 Å². The Labute approximate surface area is 158 Å². The van der Waals surface area contributed by atoms with Crippen LogP contribution in [-0.4, -0.2) is 55.0 Å². The Morgan fingerprint density at radius 3 is 2.74 bits per heavy atom. The number of methoxy groups -OCH3 is 1. The number of hydrogen-bond acceptors (Lipinski definition) is 6. The standard InChI is InChI=1S/C19H25N3O5/c1-26-17(23)6-5-15(18(20)24)22-11-14-13(19(22)25)3-2-4-16(14)27-12-7-9-21-10-8-12/h2-4,12,15,21H,5-11H2,1H3,(H2,20,24). The van der Waals surface area contributed by atoms with Crippen LogP contribution in [0.4, 0.5) is 0 Å². The molecule has 1 unspecified atom stereocenters. The molecule has 1 aromatic carbocycles. The highest BCUT2D eigenvalue weighted by atomic mass is 16.5. The third kappa shape index (κ3) is 4.21. The topological polar surface area (TPSA) is 111 Å². The van der Waals surface area contributed by atoms with Crippen molar-refractivity contribution in [2.75, 3.05) is 20.2 Å². The normalized spacial score (nSPS) is 18.1. The van der Waals surface area contributed by atoms with E-state index in [4.69, 9.17) is 10.5 Å². The van der Waals surface area contributed by atoms with E-state index in [-0.39, 0.29) is 31.4 Å². The molecule has 2 aliphatic heterocycles. The molecule has 0 aromatic heterocycles. The summed E-state index contributed by atoms with van der Waals surface area (Å²) in [6.45, 7) is 2.05. The average Bonchev–Trinajstić information content (AvgIpc) is 3.00. The number of carbonyl (C=O) groups excluding carboxylic acids is 3. The van der Waals surface area contributed by atoms with E-state index in [1.165, 1.54) is 12.0 Å². The maximum Gasteiger partial charge on any atom is 0.305 e. The molecule has 8 heteroatoms. The van der Waals surface area contributed by atoms with E-state index in [9.17, 15) is 14.4 Å². The van der Waals surface area contributed by atoms with Gasteiger partial charge in [0.1, 0.15) is 17.9 Å². The summed E-state index contributed by atoms with van der Waals surface area (Å²) >= 11 is 0. The number of rotatable bonds is 7. The van der Waals surface area contributed by atoms with Crippen LogP contribution in [0.25, 0.3) is 0 Å². The van der Waals surface area contributed by atoms with E-state index in [0.29, 0.717) is 11.3 Å². The number of fused-ring (bicyclic) bond motifs is 1. The van der Waals surface area contributed by atoms with Gasteiger partial charge in [-0.3, -0.25) is 14.4 Å². The molecule has 1 saturated heterocycles. The number of amides is 2. The van der Waals surface area contributed by atoms with Crippen molar-refractivity contribution in [3.05, 3.63) is 29.3 Å². The minimum absolute atomic E-state index is 0.0165. The molecular formula is C19H25N3O5. The van der Waals surface area contributed by atoms with Crippen molar-refractivity contribution in [3.8, 4) is 5.75 Å². The fourth-order valence-corrected chi connectivity index (χ4v) is 3.59. The Bertz CT molecular complexity index is 730. The minimum atomic E-state index is -0.865. The molecule has 1 atom stereocenters. The van der Waals surface area contributed by atoms with Crippen LogP contribution in [0.15, 0.2) is 18.2 Å². The van der Waals surface area contributed by atoms with Gasteiger partial charge in [0, 0.05) is 17.5 Å². The molecule has 0 aliphatic carbocycles. The van der Waals surface area contributed by atoms with Crippen LogP contribution in [-0.2, 0) is 20.9 Å². The summed E-state index contributed by atoms with van der Waals surface area (Å²) < 4.78 is 10.8. The number of benzene rings is 1. The smallest absolute Gasteiger partial charge is 0.305 e. The molecule has 2 heterocycles. The average molecular weight is 375 g/mol. The predicted molar refractivity (Wildman–Crippen MR) is 97.1 cm³/mol. The van der Waals surface area contributed by atoms with Gasteiger partial charge in [-0.2, -0.15) is 0 Å². The number of nitrogens with one attached hydrogen (secondary N) is 1. The van der Waals surface area contributed by atoms with Crippen molar-refractivity contribution in [1.29, 1.82) is 0 Å². The fraction of sp³-hybridized carbons (Fsp3) is 0.526. The molecule has 1 aromatic rings. The molecule has 2 amide bonds. The molecule has 3 rings (SSSR count). The van der Waals surface area contributed by atoms with E-state index < -0.39 is 17.9 Å². The van der Waals surface area contributed by atoms with Crippen LogP contribution in [0.1, 0.15) is 41.6 Å². The van der Waals surface area contributed by atoms with Gasteiger partial charge in [-0.1, -0.05) is 6.07 Å². The lowest BCUT2D eigenvalue weighted by molar-refractivity contribution is -0.141. The van der Waals surface area contributed by atoms with E-state index in [0.717, 1.165) is 31.5 Å². The molecular weight excluding hydrogens is 350 g/mol. The first-order valence-corrected chi connectivity index (χ1v) is 9.17. The second-order valence-electron chi connectivity index (χ2n) is 6.82. The third-order valence-electron chi connectivity index (χ3n) is 5.09. The van der Waals surface area contributed by atoms with E-state index in [2.05, 4.69) is 10.1 Å². The van der Waals surface area contributed by atoms with Gasteiger partial charge in [0.05, 0.1) is 13.7 Å². The number of carbonyl (C=O) groups is 3. The zero-order valence-electron chi connectivity index (χ0n) is 15.4. The highest BCUT2D eigenvalue weighted by Crippen LogP contribution is 2.34. The molecule has 8 nitrogen and oxygen atoms in total. The monoisotopic (exact) mass is 375 g/mol. The highest BCUT2D eigenvalue weighted by Gasteiger charge is 2.37. The summed E-state index contributed by atoms with van der Waals surface area (Å²) in [7, 11) is 1.28. The first-order valence-electron chi connectivity index (χ1n) is 9.17. The summed E-state index contributed by atoms with van der Waals surface area (Å²) in [6, 6.07) is 4.50. The molecule has 3 N–H and O–H groups in total. The SMILES string of the molecule is COC(=O)CCC(C(N)=O)N1Cc2c(OC3CCNCC3)cccc2C1=O.